The highest BCUT2D eigenvalue weighted by Crippen LogP contribution is 2.26. The second-order valence-corrected chi connectivity index (χ2v) is 8.70. The second-order valence-electron chi connectivity index (χ2n) is 7.29. The lowest BCUT2D eigenvalue weighted by Gasteiger charge is -2.25. The van der Waals surface area contributed by atoms with Gasteiger partial charge in [0.05, 0.1) is 16.9 Å². The predicted octanol–water partition coefficient (Wildman–Crippen LogP) is 3.74. The molecule has 0 saturated carbocycles. The number of carbonyl (C=O) groups is 2. The van der Waals surface area contributed by atoms with Crippen LogP contribution in [0.3, 0.4) is 0 Å². The summed E-state index contributed by atoms with van der Waals surface area (Å²) >= 11 is 1.53. The highest BCUT2D eigenvalue weighted by atomic mass is 32.2. The lowest BCUT2D eigenvalue weighted by molar-refractivity contribution is -0.130. The van der Waals surface area contributed by atoms with Gasteiger partial charge in [-0.25, -0.2) is 0 Å². The van der Waals surface area contributed by atoms with Crippen molar-refractivity contribution in [2.75, 3.05) is 36.4 Å². The lowest BCUT2D eigenvalue weighted by atomic mass is 10.2. The zero-order chi connectivity index (χ0) is 21.5. The van der Waals surface area contributed by atoms with E-state index in [0.717, 1.165) is 42.3 Å². The van der Waals surface area contributed by atoms with Crippen molar-refractivity contribution in [3.63, 3.8) is 0 Å². The first-order valence-corrected chi connectivity index (χ1v) is 10.9. The molecule has 1 aliphatic rings. The zero-order valence-electron chi connectivity index (χ0n) is 17.3. The van der Waals surface area contributed by atoms with Crippen LogP contribution in [0.25, 0.3) is 0 Å². The summed E-state index contributed by atoms with van der Waals surface area (Å²) in [7, 11) is 0. The van der Waals surface area contributed by atoms with Gasteiger partial charge in [0.1, 0.15) is 0 Å². The normalized spacial score (nSPS) is 15.1. The van der Waals surface area contributed by atoms with Crippen LogP contribution in [0.15, 0.2) is 53.4 Å². The fourth-order valence-corrected chi connectivity index (χ4v) is 4.43. The van der Waals surface area contributed by atoms with Gasteiger partial charge in [0, 0.05) is 49.4 Å². The minimum Gasteiger partial charge on any atom is -0.370 e. The Bertz CT molecular complexity index is 922. The van der Waals surface area contributed by atoms with Gasteiger partial charge in [-0.2, -0.15) is 5.26 Å². The van der Waals surface area contributed by atoms with E-state index in [-0.39, 0.29) is 17.1 Å². The van der Waals surface area contributed by atoms with Gasteiger partial charge >= 0.3 is 0 Å². The number of hydrogen-bond acceptors (Lipinski definition) is 5. The van der Waals surface area contributed by atoms with Crippen molar-refractivity contribution in [3.05, 3.63) is 54.1 Å². The molecule has 7 heteroatoms. The highest BCUT2D eigenvalue weighted by molar-refractivity contribution is 8.00. The Morgan fingerprint density at radius 1 is 1.03 bits per heavy atom. The van der Waals surface area contributed by atoms with Crippen LogP contribution in [0.4, 0.5) is 11.4 Å². The molecule has 2 aromatic carbocycles. The molecule has 1 heterocycles. The first-order chi connectivity index (χ1) is 14.5. The minimum atomic E-state index is -0.182. The first kappa shape index (κ1) is 21.7. The fourth-order valence-electron chi connectivity index (χ4n) is 3.47. The molecule has 2 amide bonds. The molecular formula is C23H26N4O2S. The largest absolute Gasteiger partial charge is 0.370 e. The predicted molar refractivity (Wildman–Crippen MR) is 121 cm³/mol. The average molecular weight is 423 g/mol. The Hall–Kier alpha value is -2.98. The average Bonchev–Trinajstić information content (AvgIpc) is 3.00. The number of nitrogens with one attached hydrogen (secondary N) is 1. The standard InChI is InChI=1S/C23H26N4O2S/c1-17(30-22-10-6-20(7-11-22)25-18(2)28)23(29)27-13-3-12-26(14-15-27)21-8-4-19(16-24)5-9-21/h4-11,17H,3,12-15H2,1-2H3,(H,25,28). The summed E-state index contributed by atoms with van der Waals surface area (Å²) in [6.07, 6.45) is 0.911. The fraction of sp³-hybridized carbons (Fsp3) is 0.348. The molecular weight excluding hydrogens is 396 g/mol. The van der Waals surface area contributed by atoms with Gasteiger partial charge in [0.25, 0.3) is 0 Å². The molecule has 2 aromatic rings. The molecule has 0 aliphatic carbocycles. The van der Waals surface area contributed by atoms with E-state index in [1.807, 2.05) is 60.4 Å². The van der Waals surface area contributed by atoms with E-state index in [1.54, 1.807) is 0 Å². The van der Waals surface area contributed by atoms with Crippen molar-refractivity contribution in [1.82, 2.24) is 4.90 Å². The van der Waals surface area contributed by atoms with Gasteiger partial charge in [-0.1, -0.05) is 0 Å². The maximum atomic E-state index is 13.0. The maximum Gasteiger partial charge on any atom is 0.235 e. The molecule has 1 fully saturated rings. The van der Waals surface area contributed by atoms with Gasteiger partial charge in [-0.05, 0) is 61.9 Å². The Morgan fingerprint density at radius 3 is 2.37 bits per heavy atom. The van der Waals surface area contributed by atoms with Crippen LogP contribution in [-0.4, -0.2) is 48.1 Å². The van der Waals surface area contributed by atoms with E-state index >= 15 is 0 Å². The molecule has 6 nitrogen and oxygen atoms in total. The SMILES string of the molecule is CC(=O)Nc1ccc(SC(C)C(=O)N2CCCN(c3ccc(C#N)cc3)CC2)cc1. The number of hydrogen-bond donors (Lipinski definition) is 1. The van der Waals surface area contributed by atoms with E-state index in [1.165, 1.54) is 18.7 Å². The van der Waals surface area contributed by atoms with Crippen LogP contribution in [0, 0.1) is 11.3 Å². The van der Waals surface area contributed by atoms with Crippen LogP contribution in [0.5, 0.6) is 0 Å². The van der Waals surface area contributed by atoms with Crippen molar-refractivity contribution in [2.24, 2.45) is 0 Å². The third-order valence-electron chi connectivity index (χ3n) is 5.00. The van der Waals surface area contributed by atoms with Crippen molar-refractivity contribution >= 4 is 35.0 Å². The number of nitrogens with zero attached hydrogens (tertiary/aromatic N) is 3. The Kier molecular flexibility index (Phi) is 7.36. The number of anilines is 2. The summed E-state index contributed by atoms with van der Waals surface area (Å²) in [6.45, 7) is 6.52. The number of thioether (sulfide) groups is 1. The quantitative estimate of drug-likeness (QED) is 0.743. The monoisotopic (exact) mass is 422 g/mol. The van der Waals surface area contributed by atoms with Crippen molar-refractivity contribution < 1.29 is 9.59 Å². The summed E-state index contributed by atoms with van der Waals surface area (Å²) < 4.78 is 0. The third-order valence-corrected chi connectivity index (χ3v) is 6.10. The van der Waals surface area contributed by atoms with Crippen LogP contribution >= 0.6 is 11.8 Å². The molecule has 1 N–H and O–H groups in total. The molecule has 0 spiro atoms. The van der Waals surface area contributed by atoms with Gasteiger partial charge in [0.15, 0.2) is 0 Å². The summed E-state index contributed by atoms with van der Waals surface area (Å²) in [4.78, 5) is 29.3. The second kappa shape index (κ2) is 10.2. The smallest absolute Gasteiger partial charge is 0.235 e. The number of amides is 2. The first-order valence-electron chi connectivity index (χ1n) is 10.0. The molecule has 3 rings (SSSR count). The zero-order valence-corrected chi connectivity index (χ0v) is 18.1. The summed E-state index contributed by atoms with van der Waals surface area (Å²) in [5.41, 5.74) is 2.49. The number of nitriles is 1. The Labute approximate surface area is 181 Å². The lowest BCUT2D eigenvalue weighted by Crippen LogP contribution is -2.39. The molecule has 1 saturated heterocycles. The van der Waals surface area contributed by atoms with E-state index in [4.69, 9.17) is 5.26 Å². The van der Waals surface area contributed by atoms with E-state index in [0.29, 0.717) is 12.1 Å². The molecule has 1 atom stereocenters. The van der Waals surface area contributed by atoms with E-state index < -0.39 is 0 Å². The molecule has 1 unspecified atom stereocenters. The molecule has 0 bridgehead atoms. The van der Waals surface area contributed by atoms with Crippen molar-refractivity contribution in [1.29, 1.82) is 5.26 Å². The number of rotatable bonds is 5. The number of benzene rings is 2. The third kappa shape index (κ3) is 5.77. The van der Waals surface area contributed by atoms with Gasteiger partial charge in [0.2, 0.25) is 11.8 Å². The van der Waals surface area contributed by atoms with E-state index in [9.17, 15) is 9.59 Å². The molecule has 1 aliphatic heterocycles. The molecule has 0 aromatic heterocycles. The minimum absolute atomic E-state index is 0.102. The molecule has 0 radical (unpaired) electrons. The van der Waals surface area contributed by atoms with E-state index in [2.05, 4.69) is 16.3 Å². The van der Waals surface area contributed by atoms with Gasteiger partial charge < -0.3 is 15.1 Å². The highest BCUT2D eigenvalue weighted by Gasteiger charge is 2.24. The van der Waals surface area contributed by atoms with Crippen LogP contribution in [-0.2, 0) is 9.59 Å². The maximum absolute atomic E-state index is 13.0. The topological polar surface area (TPSA) is 76.4 Å². The molecule has 30 heavy (non-hydrogen) atoms. The van der Waals surface area contributed by atoms with Crippen LogP contribution < -0.4 is 10.2 Å². The summed E-state index contributed by atoms with van der Waals surface area (Å²) in [5, 5.41) is 11.5. The Balaban J connectivity index is 1.55. The summed E-state index contributed by atoms with van der Waals surface area (Å²) in [5.74, 6) is 0.0442. The summed E-state index contributed by atoms with van der Waals surface area (Å²) in [6, 6.07) is 17.3. The van der Waals surface area contributed by atoms with Crippen LogP contribution in [0.2, 0.25) is 0 Å². The van der Waals surface area contributed by atoms with Crippen molar-refractivity contribution in [2.45, 2.75) is 30.4 Å². The van der Waals surface area contributed by atoms with Crippen molar-refractivity contribution in [3.8, 4) is 6.07 Å². The number of carbonyl (C=O) groups excluding carboxylic acids is 2. The Morgan fingerprint density at radius 2 is 1.73 bits per heavy atom. The van der Waals surface area contributed by atoms with Crippen LogP contribution in [0.1, 0.15) is 25.8 Å². The molecule has 156 valence electrons. The van der Waals surface area contributed by atoms with Gasteiger partial charge in [-0.3, -0.25) is 9.59 Å². The van der Waals surface area contributed by atoms with Gasteiger partial charge in [-0.15, -0.1) is 11.8 Å².